The second-order valence-electron chi connectivity index (χ2n) is 6.34. The van der Waals surface area contributed by atoms with Gasteiger partial charge in [0.2, 0.25) is 0 Å². The van der Waals surface area contributed by atoms with E-state index in [0.717, 1.165) is 36.1 Å². The minimum absolute atomic E-state index is 0.0931. The van der Waals surface area contributed by atoms with Gasteiger partial charge in [-0.15, -0.1) is 0 Å². The Labute approximate surface area is 137 Å². The molecule has 1 aromatic carbocycles. The van der Waals surface area contributed by atoms with Crippen LogP contribution in [-0.2, 0) is 0 Å². The molecule has 23 heavy (non-hydrogen) atoms. The Hall–Kier alpha value is -2.36. The summed E-state index contributed by atoms with van der Waals surface area (Å²) in [5.74, 6) is 1.70. The standard InChI is InChI=1S/C19H23N3O/c1-14-9-11-22(12-10-14)18-8-7-16(13-20-18)21-19(23)17-6-4-3-5-15(17)2/h3-8,13-14H,9-12H2,1-2H3,(H,21,23). The molecule has 0 radical (unpaired) electrons. The normalized spacial score (nSPS) is 15.5. The summed E-state index contributed by atoms with van der Waals surface area (Å²) in [6, 6.07) is 11.5. The number of nitrogens with one attached hydrogen (secondary N) is 1. The number of amides is 1. The Morgan fingerprint density at radius 3 is 2.57 bits per heavy atom. The van der Waals surface area contributed by atoms with Gasteiger partial charge in [0.15, 0.2) is 0 Å². The van der Waals surface area contributed by atoms with Crippen molar-refractivity contribution >= 4 is 17.4 Å². The molecule has 1 saturated heterocycles. The fourth-order valence-electron chi connectivity index (χ4n) is 2.91. The topological polar surface area (TPSA) is 45.2 Å². The Kier molecular flexibility index (Phi) is 4.60. The summed E-state index contributed by atoms with van der Waals surface area (Å²) in [6.07, 6.45) is 4.17. The molecule has 0 bridgehead atoms. The Balaban J connectivity index is 1.66. The molecule has 2 heterocycles. The molecule has 1 N–H and O–H groups in total. The van der Waals surface area contributed by atoms with Gasteiger partial charge in [0.25, 0.3) is 5.91 Å². The van der Waals surface area contributed by atoms with Crippen LogP contribution >= 0.6 is 0 Å². The molecule has 0 unspecified atom stereocenters. The summed E-state index contributed by atoms with van der Waals surface area (Å²) in [5.41, 5.74) is 2.39. The van der Waals surface area contributed by atoms with E-state index in [1.807, 2.05) is 43.3 Å². The summed E-state index contributed by atoms with van der Waals surface area (Å²) in [4.78, 5) is 19.1. The maximum atomic E-state index is 12.3. The zero-order chi connectivity index (χ0) is 16.2. The van der Waals surface area contributed by atoms with Gasteiger partial charge in [-0.25, -0.2) is 4.98 Å². The second-order valence-corrected chi connectivity index (χ2v) is 6.34. The maximum absolute atomic E-state index is 12.3. The highest BCUT2D eigenvalue weighted by Crippen LogP contribution is 2.22. The highest BCUT2D eigenvalue weighted by Gasteiger charge is 2.17. The molecule has 0 atom stereocenters. The third-order valence-corrected chi connectivity index (χ3v) is 4.50. The van der Waals surface area contributed by atoms with Crippen molar-refractivity contribution in [3.05, 3.63) is 53.7 Å². The van der Waals surface area contributed by atoms with Gasteiger partial charge in [-0.05, 0) is 49.4 Å². The number of carbonyl (C=O) groups is 1. The first-order valence-electron chi connectivity index (χ1n) is 8.21. The molecular weight excluding hydrogens is 286 g/mol. The summed E-state index contributed by atoms with van der Waals surface area (Å²) in [7, 11) is 0. The van der Waals surface area contributed by atoms with Crippen molar-refractivity contribution in [2.75, 3.05) is 23.3 Å². The number of anilines is 2. The molecule has 2 aromatic rings. The van der Waals surface area contributed by atoms with Crippen LogP contribution in [0.2, 0.25) is 0 Å². The smallest absolute Gasteiger partial charge is 0.255 e. The minimum atomic E-state index is -0.0931. The van der Waals surface area contributed by atoms with Gasteiger partial charge in [-0.2, -0.15) is 0 Å². The number of hydrogen-bond acceptors (Lipinski definition) is 3. The van der Waals surface area contributed by atoms with Crippen LogP contribution in [0.5, 0.6) is 0 Å². The van der Waals surface area contributed by atoms with Crippen LogP contribution in [-0.4, -0.2) is 24.0 Å². The van der Waals surface area contributed by atoms with E-state index >= 15 is 0 Å². The second kappa shape index (κ2) is 6.82. The average Bonchev–Trinajstić information content (AvgIpc) is 2.57. The lowest BCUT2D eigenvalue weighted by Crippen LogP contribution is -2.33. The van der Waals surface area contributed by atoms with Crippen LogP contribution in [0.1, 0.15) is 35.7 Å². The van der Waals surface area contributed by atoms with E-state index in [9.17, 15) is 4.79 Å². The average molecular weight is 309 g/mol. The van der Waals surface area contributed by atoms with Crippen LogP contribution in [0.25, 0.3) is 0 Å². The van der Waals surface area contributed by atoms with Crippen molar-refractivity contribution in [2.24, 2.45) is 5.92 Å². The van der Waals surface area contributed by atoms with Gasteiger partial charge in [-0.1, -0.05) is 25.1 Å². The molecule has 1 aliphatic rings. The molecular formula is C19H23N3O. The van der Waals surface area contributed by atoms with Crippen molar-refractivity contribution in [3.63, 3.8) is 0 Å². The highest BCUT2D eigenvalue weighted by atomic mass is 16.1. The van der Waals surface area contributed by atoms with E-state index in [-0.39, 0.29) is 5.91 Å². The Morgan fingerprint density at radius 1 is 1.17 bits per heavy atom. The van der Waals surface area contributed by atoms with Crippen molar-refractivity contribution < 1.29 is 4.79 Å². The molecule has 0 saturated carbocycles. The molecule has 4 nitrogen and oxygen atoms in total. The number of hydrogen-bond donors (Lipinski definition) is 1. The third kappa shape index (κ3) is 3.70. The van der Waals surface area contributed by atoms with E-state index in [2.05, 4.69) is 22.1 Å². The van der Waals surface area contributed by atoms with Crippen molar-refractivity contribution in [2.45, 2.75) is 26.7 Å². The van der Waals surface area contributed by atoms with Gasteiger partial charge in [-0.3, -0.25) is 4.79 Å². The molecule has 1 aliphatic heterocycles. The van der Waals surface area contributed by atoms with E-state index in [1.54, 1.807) is 6.20 Å². The van der Waals surface area contributed by atoms with Crippen LogP contribution in [0.3, 0.4) is 0 Å². The minimum Gasteiger partial charge on any atom is -0.357 e. The van der Waals surface area contributed by atoms with Crippen LogP contribution in [0, 0.1) is 12.8 Å². The lowest BCUT2D eigenvalue weighted by molar-refractivity contribution is 0.102. The van der Waals surface area contributed by atoms with E-state index in [1.165, 1.54) is 12.8 Å². The zero-order valence-corrected chi connectivity index (χ0v) is 13.7. The quantitative estimate of drug-likeness (QED) is 0.936. The van der Waals surface area contributed by atoms with E-state index in [0.29, 0.717) is 5.56 Å². The number of carbonyl (C=O) groups excluding carboxylic acids is 1. The highest BCUT2D eigenvalue weighted by molar-refractivity contribution is 6.05. The fraction of sp³-hybridized carbons (Fsp3) is 0.368. The lowest BCUT2D eigenvalue weighted by atomic mass is 9.99. The number of aryl methyl sites for hydroxylation is 1. The monoisotopic (exact) mass is 309 g/mol. The third-order valence-electron chi connectivity index (χ3n) is 4.50. The van der Waals surface area contributed by atoms with Gasteiger partial charge in [0, 0.05) is 18.7 Å². The van der Waals surface area contributed by atoms with Crippen LogP contribution in [0.15, 0.2) is 42.6 Å². The van der Waals surface area contributed by atoms with Crippen molar-refractivity contribution in [1.82, 2.24) is 4.98 Å². The van der Waals surface area contributed by atoms with Crippen LogP contribution in [0.4, 0.5) is 11.5 Å². The number of benzene rings is 1. The van der Waals surface area contributed by atoms with Crippen molar-refractivity contribution in [1.29, 1.82) is 0 Å². The predicted octanol–water partition coefficient (Wildman–Crippen LogP) is 3.88. The first kappa shape index (κ1) is 15.5. The summed E-state index contributed by atoms with van der Waals surface area (Å²) in [6.45, 7) is 6.36. The largest absolute Gasteiger partial charge is 0.357 e. The number of aromatic nitrogens is 1. The maximum Gasteiger partial charge on any atom is 0.255 e. The zero-order valence-electron chi connectivity index (χ0n) is 13.7. The molecule has 1 fully saturated rings. The molecule has 1 aromatic heterocycles. The van der Waals surface area contributed by atoms with E-state index in [4.69, 9.17) is 0 Å². The summed E-state index contributed by atoms with van der Waals surface area (Å²) in [5, 5.41) is 2.92. The van der Waals surface area contributed by atoms with Gasteiger partial charge in [0.05, 0.1) is 11.9 Å². The number of pyridine rings is 1. The fourth-order valence-corrected chi connectivity index (χ4v) is 2.91. The number of piperidine rings is 1. The Bertz CT molecular complexity index is 673. The SMILES string of the molecule is Cc1ccccc1C(=O)Nc1ccc(N2CCC(C)CC2)nc1. The molecule has 0 aliphatic carbocycles. The van der Waals surface area contributed by atoms with Crippen LogP contribution < -0.4 is 10.2 Å². The Morgan fingerprint density at radius 2 is 1.91 bits per heavy atom. The molecule has 1 amide bonds. The molecule has 4 heteroatoms. The first-order valence-corrected chi connectivity index (χ1v) is 8.21. The van der Waals surface area contributed by atoms with Gasteiger partial charge >= 0.3 is 0 Å². The number of rotatable bonds is 3. The molecule has 0 spiro atoms. The molecule has 3 rings (SSSR count). The predicted molar refractivity (Wildman–Crippen MR) is 94.0 cm³/mol. The van der Waals surface area contributed by atoms with Gasteiger partial charge < -0.3 is 10.2 Å². The van der Waals surface area contributed by atoms with Gasteiger partial charge in [0.1, 0.15) is 5.82 Å². The number of nitrogens with zero attached hydrogens (tertiary/aromatic N) is 2. The molecule has 120 valence electrons. The van der Waals surface area contributed by atoms with Crippen molar-refractivity contribution in [3.8, 4) is 0 Å². The summed E-state index contributed by atoms with van der Waals surface area (Å²) >= 11 is 0. The first-order chi connectivity index (χ1) is 11.1. The lowest BCUT2D eigenvalue weighted by Gasteiger charge is -2.31. The van der Waals surface area contributed by atoms with E-state index < -0.39 is 0 Å². The summed E-state index contributed by atoms with van der Waals surface area (Å²) < 4.78 is 0.